The van der Waals surface area contributed by atoms with Gasteiger partial charge in [0.1, 0.15) is 5.82 Å². The molecule has 0 saturated carbocycles. The Hall–Kier alpha value is -4.33. The molecule has 2 aromatic carbocycles. The number of aromatic amines is 1. The summed E-state index contributed by atoms with van der Waals surface area (Å²) < 4.78 is 0. The Balaban J connectivity index is 1.15. The average Bonchev–Trinajstić information content (AvgIpc) is 3.43. The number of amides is 3. The van der Waals surface area contributed by atoms with Gasteiger partial charge in [0.05, 0.1) is 34.4 Å². The van der Waals surface area contributed by atoms with Crippen LogP contribution in [0.4, 0.5) is 0 Å². The third-order valence-corrected chi connectivity index (χ3v) is 7.09. The van der Waals surface area contributed by atoms with Crippen LogP contribution in [0, 0.1) is 6.92 Å². The second-order valence-corrected chi connectivity index (χ2v) is 9.49. The number of imidazole rings is 1. The lowest BCUT2D eigenvalue weighted by molar-refractivity contribution is 0.0639. The van der Waals surface area contributed by atoms with Gasteiger partial charge in [0.2, 0.25) is 0 Å². The molecule has 1 saturated heterocycles. The largest absolute Gasteiger partial charge is 0.342 e. The highest BCUT2D eigenvalue weighted by Gasteiger charge is 2.37. The Morgan fingerprint density at radius 2 is 1.81 bits per heavy atom. The van der Waals surface area contributed by atoms with Gasteiger partial charge in [0, 0.05) is 30.8 Å². The van der Waals surface area contributed by atoms with Gasteiger partial charge in [0.15, 0.2) is 0 Å². The van der Waals surface area contributed by atoms with Crippen LogP contribution in [0.3, 0.4) is 0 Å². The SMILES string of the molecule is Cc1ccc2nc(C3CCN(C(=O)c4ccc5c(c4)C(=O)N(Cc4ccccn4)C5=O)CC3)[nH]c2c1. The van der Waals surface area contributed by atoms with Gasteiger partial charge in [-0.1, -0.05) is 12.1 Å². The number of likely N-dealkylation sites (tertiary alicyclic amines) is 1. The Kier molecular flexibility index (Phi) is 5.36. The molecule has 0 radical (unpaired) electrons. The van der Waals surface area contributed by atoms with E-state index in [1.807, 2.05) is 17.0 Å². The number of nitrogens with one attached hydrogen (secondary N) is 1. The quantitative estimate of drug-likeness (QED) is 0.445. The molecule has 2 aromatic heterocycles. The van der Waals surface area contributed by atoms with Crippen molar-refractivity contribution in [2.24, 2.45) is 0 Å². The number of fused-ring (bicyclic) bond motifs is 2. The molecular formula is C28H25N5O3. The number of aromatic nitrogens is 3. The second kappa shape index (κ2) is 8.71. The van der Waals surface area contributed by atoms with Gasteiger partial charge in [0.25, 0.3) is 17.7 Å². The van der Waals surface area contributed by atoms with Crippen LogP contribution < -0.4 is 0 Å². The van der Waals surface area contributed by atoms with Crippen molar-refractivity contribution in [3.05, 3.63) is 94.6 Å². The minimum absolute atomic E-state index is 0.103. The number of H-pyrrole nitrogens is 1. The lowest BCUT2D eigenvalue weighted by Crippen LogP contribution is -2.38. The summed E-state index contributed by atoms with van der Waals surface area (Å²) in [5, 5.41) is 0. The molecular weight excluding hydrogens is 454 g/mol. The van der Waals surface area contributed by atoms with Crippen molar-refractivity contribution in [1.82, 2.24) is 24.8 Å². The fourth-order valence-electron chi connectivity index (χ4n) is 5.10. The third kappa shape index (κ3) is 3.84. The number of piperidine rings is 1. The first-order chi connectivity index (χ1) is 17.5. The topological polar surface area (TPSA) is 99.3 Å². The zero-order chi connectivity index (χ0) is 24.8. The molecule has 3 amide bonds. The number of benzene rings is 2. The van der Waals surface area contributed by atoms with Crippen molar-refractivity contribution in [3.63, 3.8) is 0 Å². The van der Waals surface area contributed by atoms with Crippen molar-refractivity contribution in [2.45, 2.75) is 32.2 Å². The number of imide groups is 1. The Morgan fingerprint density at radius 1 is 1.00 bits per heavy atom. The maximum atomic E-state index is 13.3. The van der Waals surface area contributed by atoms with E-state index in [0.29, 0.717) is 29.9 Å². The maximum absolute atomic E-state index is 13.3. The van der Waals surface area contributed by atoms with E-state index in [2.05, 4.69) is 29.0 Å². The maximum Gasteiger partial charge on any atom is 0.261 e. The molecule has 0 atom stereocenters. The average molecular weight is 480 g/mol. The number of nitrogens with zero attached hydrogens (tertiary/aromatic N) is 4. The van der Waals surface area contributed by atoms with Crippen LogP contribution in [0.15, 0.2) is 60.8 Å². The predicted molar refractivity (Wildman–Crippen MR) is 134 cm³/mol. The minimum atomic E-state index is -0.394. The van der Waals surface area contributed by atoms with Gasteiger partial charge in [-0.15, -0.1) is 0 Å². The van der Waals surface area contributed by atoms with Crippen molar-refractivity contribution >= 4 is 28.8 Å². The summed E-state index contributed by atoms with van der Waals surface area (Å²) in [6.07, 6.45) is 3.25. The fourth-order valence-corrected chi connectivity index (χ4v) is 5.10. The monoisotopic (exact) mass is 479 g/mol. The fraction of sp³-hybridized carbons (Fsp3) is 0.250. The van der Waals surface area contributed by atoms with Crippen molar-refractivity contribution in [3.8, 4) is 0 Å². The number of carbonyl (C=O) groups is 3. The molecule has 8 heteroatoms. The van der Waals surface area contributed by atoms with Crippen LogP contribution in [0.1, 0.15) is 66.9 Å². The summed E-state index contributed by atoms with van der Waals surface area (Å²) in [7, 11) is 0. The van der Waals surface area contributed by atoms with Gasteiger partial charge < -0.3 is 9.88 Å². The normalized spacial score (nSPS) is 16.1. The van der Waals surface area contributed by atoms with E-state index >= 15 is 0 Å². The number of aryl methyl sites for hydroxylation is 1. The highest BCUT2D eigenvalue weighted by molar-refractivity contribution is 6.22. The van der Waals surface area contributed by atoms with Gasteiger partial charge in [-0.05, 0) is 67.8 Å². The molecule has 0 aliphatic carbocycles. The zero-order valence-corrected chi connectivity index (χ0v) is 19.9. The van der Waals surface area contributed by atoms with E-state index in [4.69, 9.17) is 4.98 Å². The van der Waals surface area contributed by atoms with E-state index in [-0.39, 0.29) is 29.8 Å². The van der Waals surface area contributed by atoms with E-state index in [1.54, 1.807) is 36.5 Å². The summed E-state index contributed by atoms with van der Waals surface area (Å²) in [4.78, 5) is 54.5. The van der Waals surface area contributed by atoms with E-state index in [0.717, 1.165) is 29.7 Å². The first-order valence-electron chi connectivity index (χ1n) is 12.1. The number of rotatable bonds is 4. The highest BCUT2D eigenvalue weighted by atomic mass is 16.2. The van der Waals surface area contributed by atoms with Gasteiger partial charge in [-0.25, -0.2) is 4.98 Å². The third-order valence-electron chi connectivity index (χ3n) is 7.09. The zero-order valence-electron chi connectivity index (χ0n) is 19.9. The molecule has 4 aromatic rings. The van der Waals surface area contributed by atoms with Crippen LogP contribution in [-0.4, -0.2) is 55.6 Å². The number of hydrogen-bond acceptors (Lipinski definition) is 5. The highest BCUT2D eigenvalue weighted by Crippen LogP contribution is 2.30. The van der Waals surface area contributed by atoms with Crippen molar-refractivity contribution < 1.29 is 14.4 Å². The molecule has 0 spiro atoms. The molecule has 0 unspecified atom stereocenters. The standard InChI is InChI=1S/C28H25N5O3/c1-17-5-8-23-24(14-17)31-25(30-23)18-9-12-32(13-10-18)26(34)19-6-7-21-22(15-19)28(36)33(27(21)35)16-20-4-2-3-11-29-20/h2-8,11,14-15,18H,9-10,12-13,16H2,1H3,(H,30,31). The lowest BCUT2D eigenvalue weighted by Gasteiger charge is -2.31. The van der Waals surface area contributed by atoms with Gasteiger partial charge in [-0.3, -0.25) is 24.3 Å². The van der Waals surface area contributed by atoms with E-state index < -0.39 is 5.91 Å². The van der Waals surface area contributed by atoms with Crippen LogP contribution in [0.2, 0.25) is 0 Å². The molecule has 4 heterocycles. The molecule has 1 fully saturated rings. The summed E-state index contributed by atoms with van der Waals surface area (Å²) in [5.41, 5.74) is 4.84. The van der Waals surface area contributed by atoms with E-state index in [9.17, 15) is 14.4 Å². The van der Waals surface area contributed by atoms with Crippen LogP contribution >= 0.6 is 0 Å². The predicted octanol–water partition coefficient (Wildman–Crippen LogP) is 4.08. The molecule has 36 heavy (non-hydrogen) atoms. The molecule has 6 rings (SSSR count). The Bertz CT molecular complexity index is 1500. The van der Waals surface area contributed by atoms with Crippen molar-refractivity contribution in [2.75, 3.05) is 13.1 Å². The second-order valence-electron chi connectivity index (χ2n) is 9.49. The van der Waals surface area contributed by atoms with E-state index in [1.165, 1.54) is 10.5 Å². The summed E-state index contributed by atoms with van der Waals surface area (Å²) in [6, 6.07) is 16.3. The first kappa shape index (κ1) is 22.2. The van der Waals surface area contributed by atoms with Crippen LogP contribution in [0.5, 0.6) is 0 Å². The van der Waals surface area contributed by atoms with Gasteiger partial charge >= 0.3 is 0 Å². The minimum Gasteiger partial charge on any atom is -0.342 e. The number of hydrogen-bond donors (Lipinski definition) is 1. The molecule has 0 bridgehead atoms. The Labute approximate surface area is 208 Å². The summed E-state index contributed by atoms with van der Waals surface area (Å²) >= 11 is 0. The van der Waals surface area contributed by atoms with Crippen LogP contribution in [0.25, 0.3) is 11.0 Å². The van der Waals surface area contributed by atoms with Crippen LogP contribution in [-0.2, 0) is 6.54 Å². The summed E-state index contributed by atoms with van der Waals surface area (Å²) in [5.74, 6) is 0.356. The summed E-state index contributed by atoms with van der Waals surface area (Å²) in [6.45, 7) is 3.38. The Morgan fingerprint density at radius 3 is 2.58 bits per heavy atom. The first-order valence-corrected chi connectivity index (χ1v) is 12.1. The molecule has 2 aliphatic rings. The molecule has 2 aliphatic heterocycles. The number of carbonyl (C=O) groups excluding carboxylic acids is 3. The molecule has 1 N–H and O–H groups in total. The molecule has 180 valence electrons. The van der Waals surface area contributed by atoms with Gasteiger partial charge in [-0.2, -0.15) is 0 Å². The van der Waals surface area contributed by atoms with Crippen molar-refractivity contribution in [1.29, 1.82) is 0 Å². The number of pyridine rings is 1. The smallest absolute Gasteiger partial charge is 0.261 e. The molecule has 8 nitrogen and oxygen atoms in total. The lowest BCUT2D eigenvalue weighted by atomic mass is 9.95.